The summed E-state index contributed by atoms with van der Waals surface area (Å²) in [6.45, 7) is 4.72. The molecule has 3 heteroatoms. The summed E-state index contributed by atoms with van der Waals surface area (Å²) < 4.78 is 7.26. The monoisotopic (exact) mass is 176 g/mol. The third-order valence-electron chi connectivity index (χ3n) is 2.06. The maximum atomic E-state index is 5.13. The average Bonchev–Trinajstić information content (AvgIpc) is 2.64. The van der Waals surface area contributed by atoms with Gasteiger partial charge in [0.05, 0.1) is 12.2 Å². The predicted octanol–water partition coefficient (Wildman–Crippen LogP) is 2.14. The summed E-state index contributed by atoms with van der Waals surface area (Å²) >= 11 is 0. The van der Waals surface area contributed by atoms with Crippen LogP contribution < -0.4 is 0 Å². The standard InChI is InChI=1S/C10H12N2O/c1-8-4-3-5-12(8)6-10-7-13-9(2)11-10/h3-5,7H,6H2,1-2H3. The van der Waals surface area contributed by atoms with Crippen molar-refractivity contribution >= 4 is 0 Å². The number of hydrogen-bond donors (Lipinski definition) is 0. The van der Waals surface area contributed by atoms with E-state index in [1.165, 1.54) is 5.69 Å². The lowest BCUT2D eigenvalue weighted by atomic mass is 10.4. The van der Waals surface area contributed by atoms with Gasteiger partial charge in [-0.25, -0.2) is 4.98 Å². The van der Waals surface area contributed by atoms with Crippen molar-refractivity contribution in [2.45, 2.75) is 20.4 Å². The van der Waals surface area contributed by atoms with E-state index in [9.17, 15) is 0 Å². The number of nitrogens with zero attached hydrogens (tertiary/aromatic N) is 2. The Morgan fingerprint density at radius 3 is 2.85 bits per heavy atom. The van der Waals surface area contributed by atoms with Gasteiger partial charge in [-0.05, 0) is 19.1 Å². The van der Waals surface area contributed by atoms with Crippen LogP contribution >= 0.6 is 0 Å². The van der Waals surface area contributed by atoms with Gasteiger partial charge in [0.25, 0.3) is 0 Å². The summed E-state index contributed by atoms with van der Waals surface area (Å²) in [7, 11) is 0. The highest BCUT2D eigenvalue weighted by Crippen LogP contribution is 2.06. The highest BCUT2D eigenvalue weighted by molar-refractivity contribution is 5.07. The van der Waals surface area contributed by atoms with E-state index in [0.717, 1.165) is 18.1 Å². The molecule has 0 bridgehead atoms. The van der Waals surface area contributed by atoms with Crippen LogP contribution in [0.4, 0.5) is 0 Å². The number of aromatic nitrogens is 2. The van der Waals surface area contributed by atoms with Crippen LogP contribution in [0, 0.1) is 13.8 Å². The van der Waals surface area contributed by atoms with Gasteiger partial charge in [-0.2, -0.15) is 0 Å². The van der Waals surface area contributed by atoms with Crippen LogP contribution in [0.1, 0.15) is 17.3 Å². The maximum Gasteiger partial charge on any atom is 0.191 e. The molecule has 68 valence electrons. The Bertz CT molecular complexity index is 400. The minimum absolute atomic E-state index is 0.722. The third kappa shape index (κ3) is 1.64. The molecule has 0 aromatic carbocycles. The Morgan fingerprint density at radius 1 is 1.46 bits per heavy atom. The van der Waals surface area contributed by atoms with Crippen molar-refractivity contribution in [1.29, 1.82) is 0 Å². The summed E-state index contributed by atoms with van der Waals surface area (Å²) in [5, 5.41) is 0. The number of hydrogen-bond acceptors (Lipinski definition) is 2. The molecule has 0 saturated heterocycles. The molecule has 0 fully saturated rings. The van der Waals surface area contributed by atoms with Gasteiger partial charge < -0.3 is 8.98 Å². The van der Waals surface area contributed by atoms with Gasteiger partial charge in [0, 0.05) is 18.8 Å². The van der Waals surface area contributed by atoms with Crippen LogP contribution in [0.15, 0.2) is 29.0 Å². The zero-order valence-corrected chi connectivity index (χ0v) is 7.82. The summed E-state index contributed by atoms with van der Waals surface area (Å²) in [5.41, 5.74) is 2.21. The molecule has 0 amide bonds. The van der Waals surface area contributed by atoms with E-state index in [2.05, 4.69) is 22.5 Å². The van der Waals surface area contributed by atoms with E-state index in [1.54, 1.807) is 6.26 Å². The first kappa shape index (κ1) is 8.10. The van der Waals surface area contributed by atoms with Crippen LogP contribution in [0.2, 0.25) is 0 Å². The van der Waals surface area contributed by atoms with Gasteiger partial charge in [0.1, 0.15) is 6.26 Å². The molecule has 0 aliphatic heterocycles. The van der Waals surface area contributed by atoms with E-state index in [4.69, 9.17) is 4.42 Å². The Balaban J connectivity index is 2.19. The number of oxazole rings is 1. The fraction of sp³-hybridized carbons (Fsp3) is 0.300. The van der Waals surface area contributed by atoms with E-state index in [-0.39, 0.29) is 0 Å². The molecular weight excluding hydrogens is 164 g/mol. The Labute approximate surface area is 77.0 Å². The van der Waals surface area contributed by atoms with Gasteiger partial charge in [0.15, 0.2) is 5.89 Å². The smallest absolute Gasteiger partial charge is 0.191 e. The molecule has 3 nitrogen and oxygen atoms in total. The first-order chi connectivity index (χ1) is 6.25. The fourth-order valence-electron chi connectivity index (χ4n) is 1.33. The molecule has 0 saturated carbocycles. The third-order valence-corrected chi connectivity index (χ3v) is 2.06. The van der Waals surface area contributed by atoms with E-state index in [0.29, 0.717) is 0 Å². The van der Waals surface area contributed by atoms with Crippen LogP contribution in [-0.2, 0) is 6.54 Å². The van der Waals surface area contributed by atoms with Crippen molar-refractivity contribution in [3.63, 3.8) is 0 Å². The number of rotatable bonds is 2. The Kier molecular flexibility index (Phi) is 1.93. The van der Waals surface area contributed by atoms with Crippen molar-refractivity contribution in [2.75, 3.05) is 0 Å². The quantitative estimate of drug-likeness (QED) is 0.702. The van der Waals surface area contributed by atoms with Gasteiger partial charge >= 0.3 is 0 Å². The number of aryl methyl sites for hydroxylation is 2. The fourth-order valence-corrected chi connectivity index (χ4v) is 1.33. The van der Waals surface area contributed by atoms with Crippen LogP contribution in [0.25, 0.3) is 0 Å². The van der Waals surface area contributed by atoms with Gasteiger partial charge in [-0.15, -0.1) is 0 Å². The van der Waals surface area contributed by atoms with E-state index in [1.807, 2.05) is 19.2 Å². The van der Waals surface area contributed by atoms with Crippen molar-refractivity contribution < 1.29 is 4.42 Å². The van der Waals surface area contributed by atoms with Crippen molar-refractivity contribution in [3.05, 3.63) is 41.9 Å². The summed E-state index contributed by atoms with van der Waals surface area (Å²) in [5.74, 6) is 0.722. The molecular formula is C10H12N2O. The minimum Gasteiger partial charge on any atom is -0.449 e. The highest BCUT2D eigenvalue weighted by Gasteiger charge is 2.01. The summed E-state index contributed by atoms with van der Waals surface area (Å²) in [6.07, 6.45) is 3.74. The molecule has 0 aliphatic rings. The van der Waals surface area contributed by atoms with Crippen molar-refractivity contribution in [1.82, 2.24) is 9.55 Å². The van der Waals surface area contributed by atoms with E-state index < -0.39 is 0 Å². The Morgan fingerprint density at radius 2 is 2.31 bits per heavy atom. The average molecular weight is 176 g/mol. The normalized spacial score (nSPS) is 10.6. The van der Waals surface area contributed by atoms with Crippen LogP contribution in [0.3, 0.4) is 0 Å². The SMILES string of the molecule is Cc1nc(Cn2cccc2C)co1. The lowest BCUT2D eigenvalue weighted by molar-refractivity contribution is 0.520. The molecule has 2 aromatic heterocycles. The van der Waals surface area contributed by atoms with Gasteiger partial charge in [-0.3, -0.25) is 0 Å². The van der Waals surface area contributed by atoms with Crippen LogP contribution in [0.5, 0.6) is 0 Å². The molecule has 13 heavy (non-hydrogen) atoms. The lowest BCUT2D eigenvalue weighted by Crippen LogP contribution is -1.99. The molecule has 0 unspecified atom stereocenters. The van der Waals surface area contributed by atoms with Crippen LogP contribution in [-0.4, -0.2) is 9.55 Å². The summed E-state index contributed by atoms with van der Waals surface area (Å²) in [4.78, 5) is 4.24. The van der Waals surface area contributed by atoms with Crippen molar-refractivity contribution in [2.24, 2.45) is 0 Å². The highest BCUT2D eigenvalue weighted by atomic mass is 16.3. The molecule has 2 heterocycles. The largest absolute Gasteiger partial charge is 0.449 e. The van der Waals surface area contributed by atoms with E-state index >= 15 is 0 Å². The second-order valence-corrected chi connectivity index (χ2v) is 3.14. The summed E-state index contributed by atoms with van der Waals surface area (Å²) in [6, 6.07) is 4.11. The first-order valence-corrected chi connectivity index (χ1v) is 4.28. The molecule has 2 rings (SSSR count). The zero-order valence-electron chi connectivity index (χ0n) is 7.82. The minimum atomic E-state index is 0.722. The lowest BCUT2D eigenvalue weighted by Gasteiger charge is -2.01. The molecule has 0 spiro atoms. The molecule has 0 atom stereocenters. The topological polar surface area (TPSA) is 31.0 Å². The van der Waals surface area contributed by atoms with Gasteiger partial charge in [0.2, 0.25) is 0 Å². The second kappa shape index (κ2) is 3.09. The molecule has 2 aromatic rings. The van der Waals surface area contributed by atoms with Crippen molar-refractivity contribution in [3.8, 4) is 0 Å². The maximum absolute atomic E-state index is 5.13. The first-order valence-electron chi connectivity index (χ1n) is 4.28. The molecule has 0 aliphatic carbocycles. The molecule has 0 N–H and O–H groups in total. The van der Waals surface area contributed by atoms with Gasteiger partial charge in [-0.1, -0.05) is 0 Å². The zero-order chi connectivity index (χ0) is 9.26. The predicted molar refractivity (Wildman–Crippen MR) is 49.5 cm³/mol. The molecule has 0 radical (unpaired) electrons. The second-order valence-electron chi connectivity index (χ2n) is 3.14. The Hall–Kier alpha value is -1.51.